The van der Waals surface area contributed by atoms with E-state index in [-0.39, 0.29) is 17.0 Å². The fraction of sp³-hybridized carbons (Fsp3) is 0.143. The second kappa shape index (κ2) is 9.02. The first-order valence-electron chi connectivity index (χ1n) is 10.3. The van der Waals surface area contributed by atoms with Gasteiger partial charge in [-0.1, -0.05) is 0 Å². The van der Waals surface area contributed by atoms with Crippen LogP contribution in [0.3, 0.4) is 0 Å². The molecule has 0 aliphatic rings. The summed E-state index contributed by atoms with van der Waals surface area (Å²) in [5.74, 6) is 0. The summed E-state index contributed by atoms with van der Waals surface area (Å²) in [5.41, 5.74) is 5.09. The van der Waals surface area contributed by atoms with E-state index in [2.05, 4.69) is 140 Å². The summed E-state index contributed by atoms with van der Waals surface area (Å²) in [4.78, 5) is 0. The monoisotopic (exact) mass is 554 g/mol. The molecule has 0 saturated heterocycles. The predicted molar refractivity (Wildman–Crippen MR) is 149 cm³/mol. The minimum absolute atomic E-state index is 0. The molecule has 4 rings (SSSR count). The van der Waals surface area contributed by atoms with Gasteiger partial charge in [0.05, 0.1) is 0 Å². The van der Waals surface area contributed by atoms with Gasteiger partial charge in [-0.2, -0.15) is 0 Å². The molecule has 0 aliphatic heterocycles. The van der Waals surface area contributed by atoms with E-state index in [4.69, 9.17) is 0 Å². The third-order valence-corrected chi connectivity index (χ3v) is 16.1. The topological polar surface area (TPSA) is 0 Å². The molecule has 0 atom stereocenters. The zero-order valence-corrected chi connectivity index (χ0v) is 22.7. The van der Waals surface area contributed by atoms with Crippen molar-refractivity contribution in [3.05, 3.63) is 119 Å². The average molecular weight is 556 g/mol. The molecular formula is C28H29Br2P. The maximum absolute atomic E-state index is 4.55. The van der Waals surface area contributed by atoms with Crippen LogP contribution >= 0.6 is 37.8 Å². The predicted octanol–water partition coefficient (Wildman–Crippen LogP) is 6.96. The van der Waals surface area contributed by atoms with E-state index < -0.39 is 5.31 Å². The van der Waals surface area contributed by atoms with E-state index >= 15 is 0 Å². The SMILES string of the molecule is Br.Cc1ccc(P(Br)(c2ccc(C)cc2)(c2ccc(C)cc2)c2ccc(C)cc2)cc1. The molecule has 0 heterocycles. The quantitative estimate of drug-likeness (QED) is 0.239. The number of aryl methyl sites for hydroxylation is 4. The van der Waals surface area contributed by atoms with Gasteiger partial charge in [0, 0.05) is 0 Å². The molecule has 0 aliphatic carbocycles. The van der Waals surface area contributed by atoms with Crippen LogP contribution in [-0.2, 0) is 0 Å². The average Bonchev–Trinajstić information content (AvgIpc) is 2.75. The molecule has 0 nitrogen and oxygen atoms in total. The Bertz CT molecular complexity index is 966. The van der Waals surface area contributed by atoms with E-state index in [1.807, 2.05) is 0 Å². The van der Waals surface area contributed by atoms with Crippen molar-refractivity contribution in [3.63, 3.8) is 0 Å². The normalized spacial score (nSPS) is 12.5. The summed E-state index contributed by atoms with van der Waals surface area (Å²) >= 11 is 4.55. The Hall–Kier alpha value is -1.73. The van der Waals surface area contributed by atoms with Crippen molar-refractivity contribution in [2.24, 2.45) is 0 Å². The van der Waals surface area contributed by atoms with Gasteiger partial charge in [-0.25, -0.2) is 0 Å². The first kappa shape index (κ1) is 23.9. The Morgan fingerprint density at radius 3 is 0.710 bits per heavy atom. The van der Waals surface area contributed by atoms with Crippen LogP contribution in [0.4, 0.5) is 0 Å². The Kier molecular flexibility index (Phi) is 6.96. The van der Waals surface area contributed by atoms with Crippen LogP contribution in [0.1, 0.15) is 22.3 Å². The van der Waals surface area contributed by atoms with E-state index in [9.17, 15) is 0 Å². The van der Waals surface area contributed by atoms with E-state index in [1.54, 1.807) is 0 Å². The van der Waals surface area contributed by atoms with Crippen LogP contribution in [0.25, 0.3) is 0 Å². The molecule has 0 amide bonds. The standard InChI is InChI=1S/C28H28BrP.BrH/c1-21-5-13-25(14-6-21)30(29,26-15-7-22(2)8-16-26,27-17-9-23(3)10-18-27)28-19-11-24(4)12-20-28;/h5-20H,1-4H3;1H. The third-order valence-electron chi connectivity index (χ3n) is 6.08. The van der Waals surface area contributed by atoms with Gasteiger partial charge in [0.25, 0.3) is 0 Å². The Labute approximate surface area is 205 Å². The second-order valence-corrected chi connectivity index (χ2v) is 16.7. The number of rotatable bonds is 4. The summed E-state index contributed by atoms with van der Waals surface area (Å²) in [5, 5.41) is 2.19. The van der Waals surface area contributed by atoms with Crippen LogP contribution < -0.4 is 21.2 Å². The number of benzene rings is 4. The molecule has 160 valence electrons. The van der Waals surface area contributed by atoms with Gasteiger partial charge in [0.2, 0.25) is 0 Å². The maximum atomic E-state index is 4.55. The van der Waals surface area contributed by atoms with Gasteiger partial charge in [0.1, 0.15) is 0 Å². The molecule has 3 heteroatoms. The van der Waals surface area contributed by atoms with Gasteiger partial charge in [-0.3, -0.25) is 0 Å². The summed E-state index contributed by atoms with van der Waals surface area (Å²) in [6.45, 7) is 8.60. The van der Waals surface area contributed by atoms with Gasteiger partial charge in [-0.05, 0) is 0 Å². The molecule has 0 aromatic heterocycles. The molecule has 0 unspecified atom stereocenters. The van der Waals surface area contributed by atoms with Crippen LogP contribution in [0.15, 0.2) is 97.1 Å². The van der Waals surface area contributed by atoms with Crippen molar-refractivity contribution in [2.45, 2.75) is 27.7 Å². The Morgan fingerprint density at radius 2 is 0.548 bits per heavy atom. The molecule has 0 spiro atoms. The zero-order chi connectivity index (χ0) is 21.4. The molecule has 31 heavy (non-hydrogen) atoms. The van der Waals surface area contributed by atoms with Crippen molar-refractivity contribution in [3.8, 4) is 0 Å². The fourth-order valence-corrected chi connectivity index (χ4v) is 11.7. The molecule has 4 aromatic carbocycles. The van der Waals surface area contributed by atoms with Crippen LogP contribution in [0.2, 0.25) is 0 Å². The van der Waals surface area contributed by atoms with E-state index in [0.717, 1.165) is 0 Å². The summed E-state index contributed by atoms with van der Waals surface area (Å²) in [6, 6.07) is 36.3. The van der Waals surface area contributed by atoms with Crippen LogP contribution in [0.5, 0.6) is 0 Å². The van der Waals surface area contributed by atoms with Crippen molar-refractivity contribution in [2.75, 3.05) is 0 Å². The van der Waals surface area contributed by atoms with Gasteiger partial charge in [-0.15, -0.1) is 17.0 Å². The van der Waals surface area contributed by atoms with Gasteiger partial charge in [0.15, 0.2) is 0 Å². The first-order chi connectivity index (χ1) is 14.3. The molecular weight excluding hydrogens is 527 g/mol. The number of hydrogen-bond acceptors (Lipinski definition) is 0. The number of halogens is 2. The zero-order valence-electron chi connectivity index (χ0n) is 18.5. The molecule has 0 N–H and O–H groups in total. The molecule has 4 aromatic rings. The molecule has 0 fully saturated rings. The molecule has 0 bridgehead atoms. The van der Waals surface area contributed by atoms with Gasteiger partial charge >= 0.3 is 189 Å². The van der Waals surface area contributed by atoms with E-state index in [1.165, 1.54) is 43.5 Å². The van der Waals surface area contributed by atoms with Crippen molar-refractivity contribution in [1.29, 1.82) is 0 Å². The first-order valence-corrected chi connectivity index (χ1v) is 14.6. The third kappa shape index (κ3) is 3.95. The van der Waals surface area contributed by atoms with E-state index in [0.29, 0.717) is 0 Å². The molecule has 0 saturated carbocycles. The number of hydrogen-bond donors (Lipinski definition) is 0. The van der Waals surface area contributed by atoms with Crippen molar-refractivity contribution < 1.29 is 0 Å². The van der Waals surface area contributed by atoms with Crippen LogP contribution in [-0.4, -0.2) is 0 Å². The Balaban J connectivity index is 0.00000272. The fourth-order valence-electron chi connectivity index (χ4n) is 4.19. The second-order valence-electron chi connectivity index (χ2n) is 8.35. The van der Waals surface area contributed by atoms with Crippen LogP contribution in [0, 0.1) is 27.7 Å². The Morgan fingerprint density at radius 1 is 0.387 bits per heavy atom. The molecule has 0 radical (unpaired) electrons. The van der Waals surface area contributed by atoms with Crippen molar-refractivity contribution >= 4 is 59.0 Å². The summed E-state index contributed by atoms with van der Waals surface area (Å²) < 4.78 is 0. The van der Waals surface area contributed by atoms with Crippen molar-refractivity contribution in [1.82, 2.24) is 0 Å². The summed E-state index contributed by atoms with van der Waals surface area (Å²) in [6.07, 6.45) is 0. The minimum atomic E-state index is -3.10. The van der Waals surface area contributed by atoms with Gasteiger partial charge < -0.3 is 0 Å². The summed E-state index contributed by atoms with van der Waals surface area (Å²) in [7, 11) is 0.